The molecule has 0 fully saturated rings. The molecule has 1 N–H and O–H groups in total. The van der Waals surface area contributed by atoms with Gasteiger partial charge in [0.1, 0.15) is 0 Å². The van der Waals surface area contributed by atoms with Crippen molar-refractivity contribution in [2.24, 2.45) is 0 Å². The highest BCUT2D eigenvalue weighted by molar-refractivity contribution is 6.69. The van der Waals surface area contributed by atoms with Crippen molar-refractivity contribution in [3.63, 3.8) is 0 Å². The van der Waals surface area contributed by atoms with Gasteiger partial charge in [0.05, 0.1) is 12.1 Å². The average Bonchev–Trinajstić information content (AvgIpc) is 2.34. The van der Waals surface area contributed by atoms with Gasteiger partial charge in [-0.25, -0.2) is 0 Å². The third-order valence-electron chi connectivity index (χ3n) is 2.68. The summed E-state index contributed by atoms with van der Waals surface area (Å²) in [6, 6.07) is 8.16. The Bertz CT molecular complexity index is 471. The van der Waals surface area contributed by atoms with Crippen LogP contribution in [0.1, 0.15) is 18.6 Å². The normalized spacial score (nSPS) is 15.4. The number of benzene rings is 1. The smallest absolute Gasteiger partial charge is 0.409 e. The highest BCUT2D eigenvalue weighted by Crippen LogP contribution is 2.26. The fourth-order valence-corrected chi connectivity index (χ4v) is 2.95. The van der Waals surface area contributed by atoms with Gasteiger partial charge in [0.25, 0.3) is 0 Å². The van der Waals surface area contributed by atoms with Gasteiger partial charge in [0, 0.05) is 0 Å². The monoisotopic (exact) mass is 319 g/mol. The Hall–Kier alpha value is -1.34. The summed E-state index contributed by atoms with van der Waals surface area (Å²) in [5.74, 6) is -1.95. The van der Waals surface area contributed by atoms with Gasteiger partial charge in [-0.05, 0) is 32.1 Å². The zero-order chi connectivity index (χ0) is 16.3. The molecular weight excluding hydrogens is 299 g/mol. The second kappa shape index (κ2) is 6.61. The quantitative estimate of drug-likeness (QED) is 0.841. The number of hydrogen-bond donors (Lipinski definition) is 1. The molecular formula is C14H20F3NO2Si. The Morgan fingerprint density at radius 1 is 1.19 bits per heavy atom. The van der Waals surface area contributed by atoms with Gasteiger partial charge in [-0.1, -0.05) is 30.3 Å². The van der Waals surface area contributed by atoms with Gasteiger partial charge in [-0.2, -0.15) is 13.2 Å². The molecule has 118 valence electrons. The molecule has 0 heterocycles. The zero-order valence-corrected chi connectivity index (χ0v) is 13.5. The highest BCUT2D eigenvalue weighted by Gasteiger charge is 2.40. The molecule has 1 aromatic carbocycles. The van der Waals surface area contributed by atoms with Gasteiger partial charge in [0.2, 0.25) is 0 Å². The highest BCUT2D eigenvalue weighted by atomic mass is 28.4. The van der Waals surface area contributed by atoms with Crippen molar-refractivity contribution in [1.29, 1.82) is 0 Å². The van der Waals surface area contributed by atoms with Crippen LogP contribution in [0.5, 0.6) is 0 Å². The van der Waals surface area contributed by atoms with Gasteiger partial charge >= 0.3 is 12.1 Å². The van der Waals surface area contributed by atoms with Crippen LogP contribution in [-0.4, -0.2) is 26.4 Å². The summed E-state index contributed by atoms with van der Waals surface area (Å²) < 4.78 is 43.1. The average molecular weight is 319 g/mol. The van der Waals surface area contributed by atoms with Gasteiger partial charge in [-0.3, -0.25) is 4.79 Å². The van der Waals surface area contributed by atoms with Crippen LogP contribution in [0.2, 0.25) is 19.6 Å². The van der Waals surface area contributed by atoms with Crippen molar-refractivity contribution in [3.05, 3.63) is 35.9 Å². The number of nitrogens with one attached hydrogen (secondary N) is 1. The lowest BCUT2D eigenvalue weighted by atomic mass is 10.0. The van der Waals surface area contributed by atoms with E-state index in [9.17, 15) is 18.0 Å². The Kier molecular flexibility index (Phi) is 5.58. The predicted octanol–water partition coefficient (Wildman–Crippen LogP) is 3.65. The number of halogens is 3. The molecule has 2 atom stereocenters. The number of alkyl halides is 3. The molecule has 0 saturated carbocycles. The molecule has 0 spiro atoms. The summed E-state index contributed by atoms with van der Waals surface area (Å²) in [6.45, 7) is 7.35. The minimum absolute atomic E-state index is 0.607. The van der Waals surface area contributed by atoms with E-state index in [-0.39, 0.29) is 0 Å². The molecule has 0 aliphatic carbocycles. The summed E-state index contributed by atoms with van der Waals surface area (Å²) in [6.07, 6.45) is -5.50. The van der Waals surface area contributed by atoms with Gasteiger partial charge in [0.15, 0.2) is 8.32 Å². The zero-order valence-electron chi connectivity index (χ0n) is 12.5. The first-order chi connectivity index (χ1) is 9.50. The molecule has 3 nitrogen and oxygen atoms in total. The molecule has 0 aliphatic heterocycles. The lowest BCUT2D eigenvalue weighted by molar-refractivity contribution is -0.174. The maximum atomic E-state index is 12.4. The van der Waals surface area contributed by atoms with E-state index in [1.54, 1.807) is 24.3 Å². The van der Waals surface area contributed by atoms with E-state index >= 15 is 0 Å². The summed E-state index contributed by atoms with van der Waals surface area (Å²) >= 11 is 0. The number of hydrogen-bond acceptors (Lipinski definition) is 2. The molecule has 1 amide bonds. The van der Waals surface area contributed by atoms with Crippen LogP contribution in [0, 0.1) is 0 Å². The summed E-state index contributed by atoms with van der Waals surface area (Å²) in [5, 5.41) is 1.97. The van der Waals surface area contributed by atoms with E-state index in [0.717, 1.165) is 5.56 Å². The van der Waals surface area contributed by atoms with Crippen molar-refractivity contribution in [1.82, 2.24) is 5.32 Å². The Balaban J connectivity index is 2.94. The van der Waals surface area contributed by atoms with E-state index in [0.29, 0.717) is 0 Å². The predicted molar refractivity (Wildman–Crippen MR) is 77.3 cm³/mol. The van der Waals surface area contributed by atoms with Crippen LogP contribution in [0.4, 0.5) is 13.2 Å². The second-order valence-corrected chi connectivity index (χ2v) is 10.3. The molecule has 0 bridgehead atoms. The van der Waals surface area contributed by atoms with Crippen LogP contribution in [0.25, 0.3) is 0 Å². The molecule has 1 aromatic rings. The lowest BCUT2D eigenvalue weighted by Gasteiger charge is -2.31. The minimum atomic E-state index is -4.89. The number of amides is 1. The minimum Gasteiger partial charge on any atom is -0.409 e. The van der Waals surface area contributed by atoms with Crippen molar-refractivity contribution in [2.75, 3.05) is 0 Å². The van der Waals surface area contributed by atoms with Crippen LogP contribution < -0.4 is 5.32 Å². The van der Waals surface area contributed by atoms with Crippen LogP contribution >= 0.6 is 0 Å². The van der Waals surface area contributed by atoms with E-state index < -0.39 is 32.5 Å². The van der Waals surface area contributed by atoms with Gasteiger partial charge < -0.3 is 9.74 Å². The number of carbonyl (C=O) groups is 1. The van der Waals surface area contributed by atoms with Crippen molar-refractivity contribution in [3.8, 4) is 0 Å². The molecule has 0 saturated heterocycles. The van der Waals surface area contributed by atoms with Crippen molar-refractivity contribution < 1.29 is 22.4 Å². The van der Waals surface area contributed by atoms with E-state index in [4.69, 9.17) is 4.43 Å². The maximum Gasteiger partial charge on any atom is 0.471 e. The molecule has 1 rings (SSSR count). The summed E-state index contributed by atoms with van der Waals surface area (Å²) in [5.41, 5.74) is 0.745. The van der Waals surface area contributed by atoms with Crippen molar-refractivity contribution in [2.45, 2.75) is 44.9 Å². The molecule has 0 aromatic heterocycles. The van der Waals surface area contributed by atoms with E-state index in [1.807, 2.05) is 31.0 Å². The summed E-state index contributed by atoms with van der Waals surface area (Å²) in [4.78, 5) is 11.1. The standard InChI is InChI=1S/C14H20F3NO2Si/c1-10(18-13(19)14(15,16)17)12(20-21(2,3)4)11-8-6-5-7-9-11/h5-10,12H,1-4H3,(H,18,19)/t10-,12+/m0/s1. The molecule has 0 radical (unpaired) electrons. The topological polar surface area (TPSA) is 38.3 Å². The van der Waals surface area contributed by atoms with Crippen LogP contribution in [-0.2, 0) is 9.22 Å². The fourth-order valence-electron chi connectivity index (χ4n) is 1.85. The first-order valence-electron chi connectivity index (χ1n) is 6.61. The van der Waals surface area contributed by atoms with E-state index in [2.05, 4.69) is 0 Å². The molecule has 0 aliphatic rings. The second-order valence-electron chi connectivity index (χ2n) is 5.82. The summed E-state index contributed by atoms with van der Waals surface area (Å²) in [7, 11) is -2.00. The number of carbonyl (C=O) groups excluding carboxylic acids is 1. The molecule has 21 heavy (non-hydrogen) atoms. The SMILES string of the molecule is C[C@H](NC(=O)C(F)(F)F)[C@@H](O[Si](C)(C)C)c1ccccc1. The lowest BCUT2D eigenvalue weighted by Crippen LogP contribution is -2.46. The Labute approximate surface area is 123 Å². The Morgan fingerprint density at radius 3 is 2.14 bits per heavy atom. The molecule has 7 heteroatoms. The Morgan fingerprint density at radius 2 is 1.71 bits per heavy atom. The maximum absolute atomic E-state index is 12.4. The van der Waals surface area contributed by atoms with E-state index in [1.165, 1.54) is 6.92 Å². The molecule has 0 unspecified atom stereocenters. The first kappa shape index (κ1) is 17.7. The van der Waals surface area contributed by atoms with Crippen LogP contribution in [0.15, 0.2) is 30.3 Å². The fraction of sp³-hybridized carbons (Fsp3) is 0.500. The number of rotatable bonds is 5. The first-order valence-corrected chi connectivity index (χ1v) is 10.0. The third-order valence-corrected chi connectivity index (χ3v) is 3.64. The third kappa shape index (κ3) is 5.89. The van der Waals surface area contributed by atoms with Crippen LogP contribution in [0.3, 0.4) is 0 Å². The largest absolute Gasteiger partial charge is 0.471 e. The van der Waals surface area contributed by atoms with Crippen molar-refractivity contribution >= 4 is 14.2 Å². The van der Waals surface area contributed by atoms with Gasteiger partial charge in [-0.15, -0.1) is 0 Å².